The van der Waals surface area contributed by atoms with E-state index in [0.29, 0.717) is 4.99 Å². The highest BCUT2D eigenvalue weighted by molar-refractivity contribution is 7.80. The van der Waals surface area contributed by atoms with Crippen LogP contribution in [0.1, 0.15) is 16.7 Å². The van der Waals surface area contributed by atoms with Crippen molar-refractivity contribution in [3.63, 3.8) is 0 Å². The summed E-state index contributed by atoms with van der Waals surface area (Å²) in [5.74, 6) is 0. The van der Waals surface area contributed by atoms with Crippen LogP contribution in [-0.2, 0) is 13.0 Å². The Morgan fingerprint density at radius 1 is 1.22 bits per heavy atom. The molecular weight excluding hydrogens is 262 g/mol. The molecule has 1 aromatic heterocycles. The van der Waals surface area contributed by atoms with Gasteiger partial charge in [0, 0.05) is 49.0 Å². The largest absolute Gasteiger partial charge is 0.392 e. The number of hydrogen-bond donors (Lipinski definition) is 1. The zero-order chi connectivity index (χ0) is 13.0. The van der Waals surface area contributed by atoms with Crippen molar-refractivity contribution in [3.05, 3.63) is 21.9 Å². The van der Waals surface area contributed by atoms with Gasteiger partial charge in [0.05, 0.1) is 4.99 Å². The summed E-state index contributed by atoms with van der Waals surface area (Å²) in [7, 11) is 0. The summed E-state index contributed by atoms with van der Waals surface area (Å²) in [4.78, 5) is 8.42. The Bertz CT molecular complexity index is 395. The fourth-order valence-corrected chi connectivity index (χ4v) is 3.43. The van der Waals surface area contributed by atoms with Crippen LogP contribution in [0.5, 0.6) is 0 Å². The molecule has 0 atom stereocenters. The fraction of sp³-hybridized carbons (Fsp3) is 0.615. The normalized spacial score (nSPS) is 18.1. The van der Waals surface area contributed by atoms with Gasteiger partial charge in [-0.1, -0.05) is 19.1 Å². The molecule has 1 fully saturated rings. The Balaban J connectivity index is 1.78. The fourth-order valence-electron chi connectivity index (χ4n) is 2.24. The van der Waals surface area contributed by atoms with Crippen LogP contribution in [0.3, 0.4) is 0 Å². The van der Waals surface area contributed by atoms with Gasteiger partial charge < -0.3 is 5.73 Å². The lowest BCUT2D eigenvalue weighted by atomic mass is 10.3. The van der Waals surface area contributed by atoms with Crippen molar-refractivity contribution in [2.24, 2.45) is 5.73 Å². The van der Waals surface area contributed by atoms with E-state index in [1.54, 1.807) is 0 Å². The Kier molecular flexibility index (Phi) is 5.12. The minimum Gasteiger partial charge on any atom is -0.392 e. The van der Waals surface area contributed by atoms with E-state index in [2.05, 4.69) is 28.9 Å². The van der Waals surface area contributed by atoms with Crippen LogP contribution < -0.4 is 5.73 Å². The second-order valence-corrected chi connectivity index (χ2v) is 6.52. The van der Waals surface area contributed by atoms with Crippen molar-refractivity contribution >= 4 is 28.5 Å². The summed E-state index contributed by atoms with van der Waals surface area (Å²) in [5.41, 5.74) is 5.58. The molecule has 0 saturated carbocycles. The molecule has 2 rings (SSSR count). The van der Waals surface area contributed by atoms with Crippen molar-refractivity contribution in [1.82, 2.24) is 9.80 Å². The zero-order valence-corrected chi connectivity index (χ0v) is 12.5. The number of nitrogens with two attached hydrogens (primary N) is 1. The molecule has 5 heteroatoms. The number of thiocarbonyl (C=S) groups is 1. The third-order valence-corrected chi connectivity index (χ3v) is 4.63. The zero-order valence-electron chi connectivity index (χ0n) is 10.9. The second-order valence-electron chi connectivity index (χ2n) is 4.74. The first-order valence-corrected chi connectivity index (χ1v) is 7.70. The first kappa shape index (κ1) is 13.9. The maximum atomic E-state index is 5.58. The average molecular weight is 283 g/mol. The molecule has 0 aromatic carbocycles. The molecule has 100 valence electrons. The molecule has 2 N–H and O–H groups in total. The molecule has 18 heavy (non-hydrogen) atoms. The van der Waals surface area contributed by atoms with Crippen LogP contribution in [0.2, 0.25) is 0 Å². The molecule has 1 aliphatic heterocycles. The summed E-state index contributed by atoms with van der Waals surface area (Å²) in [5, 5.41) is 0. The quantitative estimate of drug-likeness (QED) is 0.834. The van der Waals surface area contributed by atoms with E-state index >= 15 is 0 Å². The minimum absolute atomic E-state index is 0.606. The molecule has 1 aromatic rings. The highest BCUT2D eigenvalue weighted by atomic mass is 32.1. The topological polar surface area (TPSA) is 32.5 Å². The smallest absolute Gasteiger partial charge is 0.0870 e. The molecule has 1 saturated heterocycles. The van der Waals surface area contributed by atoms with E-state index in [1.807, 2.05) is 11.3 Å². The maximum absolute atomic E-state index is 5.58. The lowest BCUT2D eigenvalue weighted by Crippen LogP contribution is -2.48. The molecule has 0 aliphatic carbocycles. The van der Waals surface area contributed by atoms with Gasteiger partial charge in [0.25, 0.3) is 0 Å². The van der Waals surface area contributed by atoms with Crippen LogP contribution in [0.15, 0.2) is 12.1 Å². The molecule has 1 aliphatic rings. The van der Waals surface area contributed by atoms with E-state index in [4.69, 9.17) is 18.0 Å². The van der Waals surface area contributed by atoms with E-state index in [1.165, 1.54) is 9.75 Å². The number of piperazine rings is 1. The third kappa shape index (κ3) is 4.02. The maximum Gasteiger partial charge on any atom is 0.0870 e. The minimum atomic E-state index is 0.606. The molecule has 0 amide bonds. The lowest BCUT2D eigenvalue weighted by Gasteiger charge is -2.34. The molecule has 2 heterocycles. The summed E-state index contributed by atoms with van der Waals surface area (Å²) in [6.45, 7) is 8.44. The van der Waals surface area contributed by atoms with Crippen LogP contribution in [0.25, 0.3) is 0 Å². The van der Waals surface area contributed by atoms with E-state index in [0.717, 1.165) is 45.7 Å². The first-order chi connectivity index (χ1) is 8.67. The van der Waals surface area contributed by atoms with Crippen molar-refractivity contribution < 1.29 is 0 Å². The van der Waals surface area contributed by atoms with Gasteiger partial charge >= 0.3 is 0 Å². The van der Waals surface area contributed by atoms with Gasteiger partial charge in [0.15, 0.2) is 0 Å². The molecule has 0 radical (unpaired) electrons. The Morgan fingerprint density at radius 3 is 2.39 bits per heavy atom. The van der Waals surface area contributed by atoms with Gasteiger partial charge in [-0.3, -0.25) is 9.80 Å². The van der Waals surface area contributed by atoms with Crippen molar-refractivity contribution in [1.29, 1.82) is 0 Å². The third-order valence-electron chi connectivity index (χ3n) is 3.29. The van der Waals surface area contributed by atoms with Crippen LogP contribution in [0.4, 0.5) is 0 Å². The molecule has 0 unspecified atom stereocenters. The number of aryl methyl sites for hydroxylation is 1. The van der Waals surface area contributed by atoms with Gasteiger partial charge in [-0.05, 0) is 18.6 Å². The van der Waals surface area contributed by atoms with Crippen LogP contribution in [0, 0.1) is 0 Å². The summed E-state index contributed by atoms with van der Waals surface area (Å²) < 4.78 is 0. The Hall–Kier alpha value is -0.490. The van der Waals surface area contributed by atoms with Crippen molar-refractivity contribution in [2.75, 3.05) is 32.7 Å². The monoisotopic (exact) mass is 283 g/mol. The number of hydrogen-bond acceptors (Lipinski definition) is 4. The first-order valence-electron chi connectivity index (χ1n) is 6.48. The average Bonchev–Trinajstić information content (AvgIpc) is 2.79. The number of rotatable bonds is 5. The van der Waals surface area contributed by atoms with Crippen molar-refractivity contribution in [3.8, 4) is 0 Å². The van der Waals surface area contributed by atoms with Gasteiger partial charge in [-0.25, -0.2) is 0 Å². The summed E-state index contributed by atoms with van der Waals surface area (Å²) in [6, 6.07) is 4.52. The van der Waals surface area contributed by atoms with Crippen LogP contribution >= 0.6 is 23.6 Å². The van der Waals surface area contributed by atoms with Gasteiger partial charge in [-0.15, -0.1) is 11.3 Å². The molecule has 3 nitrogen and oxygen atoms in total. The van der Waals surface area contributed by atoms with Gasteiger partial charge in [-0.2, -0.15) is 0 Å². The van der Waals surface area contributed by atoms with E-state index in [-0.39, 0.29) is 0 Å². The second kappa shape index (κ2) is 6.61. The highest BCUT2D eigenvalue weighted by Crippen LogP contribution is 2.19. The highest BCUT2D eigenvalue weighted by Gasteiger charge is 2.17. The SMILES string of the molecule is CCc1ccc(CN2CCN(CC(N)=S)CC2)s1. The lowest BCUT2D eigenvalue weighted by molar-refractivity contribution is 0.141. The Labute approximate surface area is 119 Å². The van der Waals surface area contributed by atoms with Crippen molar-refractivity contribution in [2.45, 2.75) is 19.9 Å². The van der Waals surface area contributed by atoms with E-state index < -0.39 is 0 Å². The van der Waals surface area contributed by atoms with Gasteiger partial charge in [0.1, 0.15) is 0 Å². The number of nitrogens with zero attached hydrogens (tertiary/aromatic N) is 2. The summed E-state index contributed by atoms with van der Waals surface area (Å²) >= 11 is 6.89. The molecular formula is C13H21N3S2. The standard InChI is InChI=1S/C13H21N3S2/c1-2-11-3-4-12(18-11)9-15-5-7-16(8-6-15)10-13(14)17/h3-4H,2,5-10H2,1H3,(H2,14,17). The predicted octanol–water partition coefficient (Wildman–Crippen LogP) is 1.71. The predicted molar refractivity (Wildman–Crippen MR) is 82.2 cm³/mol. The van der Waals surface area contributed by atoms with Crippen LogP contribution in [-0.4, -0.2) is 47.5 Å². The van der Waals surface area contributed by atoms with Gasteiger partial charge in [0.2, 0.25) is 0 Å². The molecule has 0 spiro atoms. The Morgan fingerprint density at radius 2 is 1.83 bits per heavy atom. The molecule has 0 bridgehead atoms. The summed E-state index contributed by atoms with van der Waals surface area (Å²) in [6.07, 6.45) is 1.15. The number of thiophene rings is 1. The van der Waals surface area contributed by atoms with E-state index in [9.17, 15) is 0 Å².